The zero-order chi connectivity index (χ0) is 22.8. The first kappa shape index (κ1) is 22.6. The minimum absolute atomic E-state index is 0.138. The number of nitrogens with one attached hydrogen (secondary N) is 1. The molecule has 0 fully saturated rings. The van der Waals surface area contributed by atoms with Gasteiger partial charge in [0.2, 0.25) is 5.91 Å². The number of benzene rings is 2. The Bertz CT molecular complexity index is 1080. The van der Waals surface area contributed by atoms with E-state index >= 15 is 0 Å². The summed E-state index contributed by atoms with van der Waals surface area (Å²) < 4.78 is 17.4. The van der Waals surface area contributed by atoms with E-state index in [1.165, 1.54) is 29.2 Å². The molecule has 3 rings (SSSR count). The van der Waals surface area contributed by atoms with Gasteiger partial charge >= 0.3 is 0 Å². The van der Waals surface area contributed by atoms with Crippen molar-refractivity contribution < 1.29 is 14.0 Å². The Morgan fingerprint density at radius 1 is 1.06 bits per heavy atom. The SMILES string of the molecule is Cc1ccc(N(C(=O)c2csnn2)[C@H](C(=O)NC(C)(C)C)c2ccc(F)cc2)cc1C. The van der Waals surface area contributed by atoms with Crippen molar-refractivity contribution in [3.05, 3.63) is 76.0 Å². The molecule has 162 valence electrons. The molecule has 0 aliphatic rings. The number of anilines is 1. The number of carbonyl (C=O) groups excluding carboxylic acids is 2. The molecule has 0 saturated carbocycles. The number of rotatable bonds is 5. The average Bonchev–Trinajstić information content (AvgIpc) is 3.22. The highest BCUT2D eigenvalue weighted by molar-refractivity contribution is 7.03. The molecule has 0 aliphatic carbocycles. The molecule has 0 saturated heterocycles. The van der Waals surface area contributed by atoms with Gasteiger partial charge in [0.25, 0.3) is 5.91 Å². The summed E-state index contributed by atoms with van der Waals surface area (Å²) in [6, 6.07) is 10.1. The fourth-order valence-electron chi connectivity index (χ4n) is 3.14. The molecule has 1 aromatic heterocycles. The maximum atomic E-state index is 13.6. The van der Waals surface area contributed by atoms with Crippen LogP contribution in [0.2, 0.25) is 0 Å². The summed E-state index contributed by atoms with van der Waals surface area (Å²) in [5.74, 6) is -1.27. The zero-order valence-electron chi connectivity index (χ0n) is 18.1. The van der Waals surface area contributed by atoms with Crippen LogP contribution in [0.1, 0.15) is 54.0 Å². The van der Waals surface area contributed by atoms with Gasteiger partial charge in [0.05, 0.1) is 0 Å². The third-order valence-corrected chi connectivity index (χ3v) is 5.26. The highest BCUT2D eigenvalue weighted by atomic mass is 32.1. The van der Waals surface area contributed by atoms with Crippen LogP contribution in [-0.2, 0) is 4.79 Å². The van der Waals surface area contributed by atoms with Crippen LogP contribution < -0.4 is 10.2 Å². The molecule has 1 heterocycles. The van der Waals surface area contributed by atoms with Crippen LogP contribution in [0.3, 0.4) is 0 Å². The summed E-state index contributed by atoms with van der Waals surface area (Å²) in [6.45, 7) is 9.49. The molecular weight excluding hydrogens is 415 g/mol. The number of hydrogen-bond acceptors (Lipinski definition) is 5. The van der Waals surface area contributed by atoms with Gasteiger partial charge in [0, 0.05) is 16.6 Å². The third kappa shape index (κ3) is 5.32. The second-order valence-corrected chi connectivity index (χ2v) is 9.04. The monoisotopic (exact) mass is 440 g/mol. The van der Waals surface area contributed by atoms with Crippen molar-refractivity contribution in [3.63, 3.8) is 0 Å². The van der Waals surface area contributed by atoms with Crippen molar-refractivity contribution in [3.8, 4) is 0 Å². The van der Waals surface area contributed by atoms with Crippen LogP contribution in [-0.4, -0.2) is 26.9 Å². The molecule has 8 heteroatoms. The summed E-state index contributed by atoms with van der Waals surface area (Å²) in [5, 5.41) is 8.40. The van der Waals surface area contributed by atoms with Crippen molar-refractivity contribution in [1.29, 1.82) is 0 Å². The molecule has 2 amide bonds. The minimum Gasteiger partial charge on any atom is -0.349 e. The predicted molar refractivity (Wildman–Crippen MR) is 120 cm³/mol. The Labute approximate surface area is 185 Å². The lowest BCUT2D eigenvalue weighted by molar-refractivity contribution is -0.123. The molecule has 0 aliphatic heterocycles. The van der Waals surface area contributed by atoms with Gasteiger partial charge in [-0.2, -0.15) is 0 Å². The number of hydrogen-bond donors (Lipinski definition) is 1. The normalized spacial score (nSPS) is 12.3. The smallest absolute Gasteiger partial charge is 0.280 e. The van der Waals surface area contributed by atoms with Crippen molar-refractivity contribution in [2.45, 2.75) is 46.2 Å². The first-order valence-electron chi connectivity index (χ1n) is 9.82. The molecule has 1 atom stereocenters. The molecule has 0 radical (unpaired) electrons. The highest BCUT2D eigenvalue weighted by Crippen LogP contribution is 2.31. The lowest BCUT2D eigenvalue weighted by atomic mass is 9.99. The second-order valence-electron chi connectivity index (χ2n) is 8.43. The van der Waals surface area contributed by atoms with Gasteiger partial charge in [-0.1, -0.05) is 22.7 Å². The van der Waals surface area contributed by atoms with E-state index in [2.05, 4.69) is 14.9 Å². The molecular formula is C23H25FN4O2S. The summed E-state index contributed by atoms with van der Waals surface area (Å²) >= 11 is 1.06. The van der Waals surface area contributed by atoms with Gasteiger partial charge in [-0.3, -0.25) is 14.5 Å². The quantitative estimate of drug-likeness (QED) is 0.629. The summed E-state index contributed by atoms with van der Waals surface area (Å²) in [7, 11) is 0. The maximum absolute atomic E-state index is 13.6. The van der Waals surface area contributed by atoms with Crippen LogP contribution in [0, 0.1) is 19.7 Å². The average molecular weight is 441 g/mol. The molecule has 6 nitrogen and oxygen atoms in total. The number of aromatic nitrogens is 2. The van der Waals surface area contributed by atoms with E-state index in [1.807, 2.05) is 46.8 Å². The Morgan fingerprint density at radius 3 is 2.29 bits per heavy atom. The van der Waals surface area contributed by atoms with E-state index in [4.69, 9.17) is 0 Å². The third-order valence-electron chi connectivity index (χ3n) is 4.76. The van der Waals surface area contributed by atoms with Gasteiger partial charge in [0.15, 0.2) is 5.69 Å². The van der Waals surface area contributed by atoms with Crippen LogP contribution in [0.15, 0.2) is 47.8 Å². The summed E-state index contributed by atoms with van der Waals surface area (Å²) in [4.78, 5) is 28.4. The van der Waals surface area contributed by atoms with E-state index < -0.39 is 23.3 Å². The zero-order valence-corrected chi connectivity index (χ0v) is 19.0. The van der Waals surface area contributed by atoms with Crippen LogP contribution in [0.5, 0.6) is 0 Å². The van der Waals surface area contributed by atoms with Gasteiger partial charge in [0.1, 0.15) is 11.9 Å². The largest absolute Gasteiger partial charge is 0.349 e. The van der Waals surface area contributed by atoms with E-state index in [0.717, 1.165) is 22.7 Å². The topological polar surface area (TPSA) is 75.2 Å². The number of carbonyl (C=O) groups is 2. The van der Waals surface area contributed by atoms with Gasteiger partial charge in [-0.15, -0.1) is 5.10 Å². The van der Waals surface area contributed by atoms with E-state index in [-0.39, 0.29) is 11.6 Å². The summed E-state index contributed by atoms with van der Waals surface area (Å²) in [6.07, 6.45) is 0. The first-order chi connectivity index (χ1) is 14.6. The second kappa shape index (κ2) is 8.93. The van der Waals surface area contributed by atoms with Gasteiger partial charge in [-0.25, -0.2) is 4.39 Å². The molecule has 3 aromatic rings. The number of aryl methyl sites for hydroxylation is 2. The van der Waals surface area contributed by atoms with Crippen molar-refractivity contribution in [2.24, 2.45) is 0 Å². The predicted octanol–water partition coefficient (Wildman–Crippen LogP) is 4.60. The Morgan fingerprint density at radius 2 is 1.74 bits per heavy atom. The van der Waals surface area contributed by atoms with Gasteiger partial charge in [-0.05, 0) is 87.1 Å². The van der Waals surface area contributed by atoms with E-state index in [9.17, 15) is 14.0 Å². The van der Waals surface area contributed by atoms with Crippen LogP contribution in [0.25, 0.3) is 0 Å². The standard InChI is InChI=1S/C23H25FN4O2S/c1-14-6-11-18(12-15(14)2)28(22(30)19-13-31-27-26-19)20(21(29)25-23(3,4)5)16-7-9-17(24)10-8-16/h6-13,20H,1-5H3,(H,25,29)/t20-/m0/s1. The van der Waals surface area contributed by atoms with E-state index in [1.54, 1.807) is 11.4 Å². The van der Waals surface area contributed by atoms with Crippen molar-refractivity contribution in [2.75, 3.05) is 4.90 Å². The lowest BCUT2D eigenvalue weighted by Crippen LogP contribution is -2.49. The molecule has 0 spiro atoms. The van der Waals surface area contributed by atoms with E-state index in [0.29, 0.717) is 11.3 Å². The van der Waals surface area contributed by atoms with Gasteiger partial charge < -0.3 is 5.32 Å². The van der Waals surface area contributed by atoms with Crippen LogP contribution >= 0.6 is 11.5 Å². The number of halogens is 1. The molecule has 2 aromatic carbocycles. The number of nitrogens with zero attached hydrogens (tertiary/aromatic N) is 3. The van der Waals surface area contributed by atoms with Crippen LogP contribution in [0.4, 0.5) is 10.1 Å². The lowest BCUT2D eigenvalue weighted by Gasteiger charge is -2.33. The minimum atomic E-state index is -1.03. The molecule has 0 unspecified atom stereocenters. The first-order valence-corrected chi connectivity index (χ1v) is 10.7. The Kier molecular flexibility index (Phi) is 6.50. The van der Waals surface area contributed by atoms with Crippen molar-refractivity contribution in [1.82, 2.24) is 14.9 Å². The highest BCUT2D eigenvalue weighted by Gasteiger charge is 2.36. The Hall–Kier alpha value is -3.13. The fourth-order valence-corrected chi connectivity index (χ4v) is 3.57. The molecule has 1 N–H and O–H groups in total. The number of amides is 2. The molecule has 31 heavy (non-hydrogen) atoms. The molecule has 0 bridgehead atoms. The summed E-state index contributed by atoms with van der Waals surface area (Å²) in [5.41, 5.74) is 2.66. The van der Waals surface area contributed by atoms with Crippen molar-refractivity contribution >= 4 is 29.0 Å². The fraction of sp³-hybridized carbons (Fsp3) is 0.304. The Balaban J connectivity index is 2.20. The maximum Gasteiger partial charge on any atom is 0.280 e.